The van der Waals surface area contributed by atoms with Crippen molar-refractivity contribution in [1.82, 2.24) is 0 Å². The smallest absolute Gasteiger partial charge is 0.337 e. The highest BCUT2D eigenvalue weighted by molar-refractivity contribution is 6.33. The Kier molecular flexibility index (Phi) is 6.23. The van der Waals surface area contributed by atoms with Gasteiger partial charge in [0.25, 0.3) is 0 Å². The molecular formula is C18H17Cl2NO3. The first-order valence-corrected chi connectivity index (χ1v) is 8.19. The average molecular weight is 366 g/mol. The summed E-state index contributed by atoms with van der Waals surface area (Å²) in [6, 6.07) is 9.95. The van der Waals surface area contributed by atoms with Crippen LogP contribution in [-0.4, -0.2) is 23.4 Å². The van der Waals surface area contributed by atoms with Crippen molar-refractivity contribution < 1.29 is 14.6 Å². The van der Waals surface area contributed by atoms with E-state index in [4.69, 9.17) is 33.0 Å². The van der Waals surface area contributed by atoms with Gasteiger partial charge in [-0.3, -0.25) is 4.99 Å². The zero-order valence-electron chi connectivity index (χ0n) is 13.3. The van der Waals surface area contributed by atoms with Gasteiger partial charge in [-0.15, -0.1) is 0 Å². The Morgan fingerprint density at radius 2 is 2.00 bits per heavy atom. The molecule has 0 saturated carbocycles. The first kappa shape index (κ1) is 18.3. The molecule has 126 valence electrons. The second-order valence-corrected chi connectivity index (χ2v) is 6.07. The number of carboxylic acid groups (broad SMARTS) is 1. The number of rotatable bonds is 6. The quantitative estimate of drug-likeness (QED) is 0.675. The van der Waals surface area contributed by atoms with Crippen LogP contribution in [0.4, 0.5) is 5.69 Å². The van der Waals surface area contributed by atoms with Crippen LogP contribution in [0.2, 0.25) is 10.0 Å². The van der Waals surface area contributed by atoms with Crippen LogP contribution in [0.5, 0.6) is 5.75 Å². The fourth-order valence-electron chi connectivity index (χ4n) is 1.90. The van der Waals surface area contributed by atoms with E-state index in [0.717, 1.165) is 12.0 Å². The van der Waals surface area contributed by atoms with Crippen molar-refractivity contribution >= 4 is 41.1 Å². The van der Waals surface area contributed by atoms with Gasteiger partial charge in [0.15, 0.2) is 0 Å². The number of hydrogen-bond donors (Lipinski definition) is 1. The van der Waals surface area contributed by atoms with Crippen LogP contribution >= 0.6 is 23.2 Å². The molecule has 0 radical (unpaired) electrons. The fraction of sp³-hybridized carbons (Fsp3) is 0.222. The van der Waals surface area contributed by atoms with Crippen molar-refractivity contribution in [2.24, 2.45) is 4.99 Å². The molecule has 0 aliphatic rings. The van der Waals surface area contributed by atoms with Crippen molar-refractivity contribution in [2.75, 3.05) is 0 Å². The van der Waals surface area contributed by atoms with E-state index in [1.54, 1.807) is 24.4 Å². The highest BCUT2D eigenvalue weighted by Crippen LogP contribution is 2.27. The standard InChI is InChI=1S/C18H17Cl2NO3/c1-3-11(2)24-17-7-4-12(8-16(17)20)10-21-13-5-6-15(19)14(9-13)18(22)23/h4-11H,3H2,1-2H3,(H,22,23)/t11-/m0/s1. The molecule has 0 aliphatic heterocycles. The van der Waals surface area contributed by atoms with Gasteiger partial charge >= 0.3 is 5.97 Å². The SMILES string of the molecule is CC[C@H](C)Oc1ccc(C=Nc2ccc(Cl)c(C(=O)O)c2)cc1Cl. The molecule has 0 aliphatic carbocycles. The highest BCUT2D eigenvalue weighted by Gasteiger charge is 2.09. The zero-order valence-corrected chi connectivity index (χ0v) is 14.8. The van der Waals surface area contributed by atoms with E-state index in [9.17, 15) is 4.79 Å². The molecule has 0 aromatic heterocycles. The highest BCUT2D eigenvalue weighted by atomic mass is 35.5. The van der Waals surface area contributed by atoms with E-state index in [2.05, 4.69) is 4.99 Å². The number of nitrogens with zero attached hydrogens (tertiary/aromatic N) is 1. The molecular weight excluding hydrogens is 349 g/mol. The van der Waals surface area contributed by atoms with Crippen molar-refractivity contribution in [3.63, 3.8) is 0 Å². The van der Waals surface area contributed by atoms with E-state index >= 15 is 0 Å². The summed E-state index contributed by atoms with van der Waals surface area (Å²) in [5, 5.41) is 9.75. The van der Waals surface area contributed by atoms with Crippen LogP contribution in [0.3, 0.4) is 0 Å². The van der Waals surface area contributed by atoms with Gasteiger partial charge < -0.3 is 9.84 Å². The number of aromatic carboxylic acids is 1. The largest absolute Gasteiger partial charge is 0.489 e. The summed E-state index contributed by atoms with van der Waals surface area (Å²) in [7, 11) is 0. The first-order valence-electron chi connectivity index (χ1n) is 7.43. The number of halogens is 2. The minimum Gasteiger partial charge on any atom is -0.489 e. The molecule has 24 heavy (non-hydrogen) atoms. The molecule has 1 N–H and O–H groups in total. The van der Waals surface area contributed by atoms with Crippen LogP contribution in [0, 0.1) is 0 Å². The maximum atomic E-state index is 11.1. The first-order chi connectivity index (χ1) is 11.4. The van der Waals surface area contributed by atoms with Gasteiger partial charge in [-0.25, -0.2) is 4.79 Å². The lowest BCUT2D eigenvalue weighted by Gasteiger charge is -2.13. The zero-order chi connectivity index (χ0) is 17.7. The third kappa shape index (κ3) is 4.73. The number of ether oxygens (including phenoxy) is 1. The Balaban J connectivity index is 2.19. The predicted octanol–water partition coefficient (Wildman–Crippen LogP) is 5.62. The third-order valence-corrected chi connectivity index (χ3v) is 4.03. The van der Waals surface area contributed by atoms with Crippen LogP contribution in [0.15, 0.2) is 41.4 Å². The Hall–Kier alpha value is -2.04. The molecule has 0 unspecified atom stereocenters. The summed E-state index contributed by atoms with van der Waals surface area (Å²) < 4.78 is 5.71. The number of hydrogen-bond acceptors (Lipinski definition) is 3. The summed E-state index contributed by atoms with van der Waals surface area (Å²) in [6.07, 6.45) is 2.58. The molecule has 6 heteroatoms. The van der Waals surface area contributed by atoms with Gasteiger partial charge in [0.2, 0.25) is 0 Å². The molecule has 0 fully saturated rings. The normalized spacial score (nSPS) is 12.3. The second-order valence-electron chi connectivity index (χ2n) is 5.25. The molecule has 2 rings (SSSR count). The lowest BCUT2D eigenvalue weighted by atomic mass is 10.2. The lowest BCUT2D eigenvalue weighted by Crippen LogP contribution is -2.09. The number of carbonyl (C=O) groups is 1. The van der Waals surface area contributed by atoms with Crippen LogP contribution < -0.4 is 4.74 Å². The maximum Gasteiger partial charge on any atom is 0.337 e. The lowest BCUT2D eigenvalue weighted by molar-refractivity contribution is 0.0697. The van der Waals surface area contributed by atoms with Crippen LogP contribution in [-0.2, 0) is 0 Å². The van der Waals surface area contributed by atoms with Crippen molar-refractivity contribution in [3.8, 4) is 5.75 Å². The van der Waals surface area contributed by atoms with E-state index < -0.39 is 5.97 Å². The molecule has 4 nitrogen and oxygen atoms in total. The minimum atomic E-state index is -1.09. The molecule has 0 spiro atoms. The summed E-state index contributed by atoms with van der Waals surface area (Å²) in [5.74, 6) is -0.463. The molecule has 0 amide bonds. The Bertz CT molecular complexity index is 775. The third-order valence-electron chi connectivity index (χ3n) is 3.40. The Morgan fingerprint density at radius 1 is 1.25 bits per heavy atom. The monoisotopic (exact) mass is 365 g/mol. The van der Waals surface area contributed by atoms with Crippen LogP contribution in [0.25, 0.3) is 0 Å². The van der Waals surface area contributed by atoms with Crippen molar-refractivity contribution in [1.29, 1.82) is 0 Å². The van der Waals surface area contributed by atoms with E-state index in [1.807, 2.05) is 19.9 Å². The van der Waals surface area contributed by atoms with Gasteiger partial charge in [0, 0.05) is 6.21 Å². The van der Waals surface area contributed by atoms with Crippen molar-refractivity contribution in [3.05, 3.63) is 57.6 Å². The van der Waals surface area contributed by atoms with Gasteiger partial charge in [-0.2, -0.15) is 0 Å². The van der Waals surface area contributed by atoms with E-state index in [-0.39, 0.29) is 16.7 Å². The van der Waals surface area contributed by atoms with Crippen molar-refractivity contribution in [2.45, 2.75) is 26.4 Å². The second kappa shape index (κ2) is 8.18. The summed E-state index contributed by atoms with van der Waals surface area (Å²) >= 11 is 12.1. The topological polar surface area (TPSA) is 58.9 Å². The molecule has 1 atom stereocenters. The Morgan fingerprint density at radius 3 is 2.62 bits per heavy atom. The summed E-state index contributed by atoms with van der Waals surface area (Å²) in [6.45, 7) is 4.02. The van der Waals surface area contributed by atoms with E-state index in [1.165, 1.54) is 12.1 Å². The molecule has 0 heterocycles. The molecule has 0 saturated heterocycles. The van der Waals surface area contributed by atoms with Gasteiger partial charge in [-0.05, 0) is 55.3 Å². The number of carboxylic acids is 1. The van der Waals surface area contributed by atoms with Gasteiger partial charge in [-0.1, -0.05) is 30.1 Å². The van der Waals surface area contributed by atoms with Gasteiger partial charge in [0.05, 0.1) is 27.4 Å². The molecule has 2 aromatic carbocycles. The summed E-state index contributed by atoms with van der Waals surface area (Å²) in [5.41, 5.74) is 1.29. The molecule has 0 bridgehead atoms. The number of aliphatic imine (C=N–C) groups is 1. The molecule has 2 aromatic rings. The van der Waals surface area contributed by atoms with Gasteiger partial charge in [0.1, 0.15) is 5.75 Å². The van der Waals surface area contributed by atoms with Crippen LogP contribution in [0.1, 0.15) is 36.2 Å². The number of benzene rings is 2. The minimum absolute atomic E-state index is 0.0154. The summed E-state index contributed by atoms with van der Waals surface area (Å²) in [4.78, 5) is 15.3. The Labute approximate surface area is 150 Å². The van der Waals surface area contributed by atoms with E-state index in [0.29, 0.717) is 16.5 Å². The predicted molar refractivity (Wildman–Crippen MR) is 97.5 cm³/mol. The maximum absolute atomic E-state index is 11.1. The fourth-order valence-corrected chi connectivity index (χ4v) is 2.33. The average Bonchev–Trinajstić information content (AvgIpc) is 2.55.